The summed E-state index contributed by atoms with van der Waals surface area (Å²) in [7, 11) is -4.08. The van der Waals surface area contributed by atoms with E-state index in [1.54, 1.807) is 25.3 Å². The lowest BCUT2D eigenvalue weighted by molar-refractivity contribution is -0.148. The number of rotatable bonds is 9. The van der Waals surface area contributed by atoms with Gasteiger partial charge in [-0.2, -0.15) is 4.72 Å². The number of aromatic nitrogens is 1. The van der Waals surface area contributed by atoms with Crippen molar-refractivity contribution in [1.82, 2.24) is 9.71 Å². The van der Waals surface area contributed by atoms with E-state index in [9.17, 15) is 22.4 Å². The maximum absolute atomic E-state index is 13.2. The zero-order valence-corrected chi connectivity index (χ0v) is 20.5. The van der Waals surface area contributed by atoms with Gasteiger partial charge in [0.2, 0.25) is 15.8 Å². The molecule has 1 heterocycles. The number of sulfonamides is 1. The number of carbonyl (C=O) groups is 2. The van der Waals surface area contributed by atoms with Crippen molar-refractivity contribution in [3.8, 4) is 0 Å². The minimum atomic E-state index is -4.08. The minimum absolute atomic E-state index is 0.00858. The van der Waals surface area contributed by atoms with E-state index >= 15 is 0 Å². The van der Waals surface area contributed by atoms with Gasteiger partial charge in [0.05, 0.1) is 4.90 Å². The third kappa shape index (κ3) is 5.69. The maximum Gasteiger partial charge on any atom is 0.325 e. The molecule has 9 heteroatoms. The molecule has 4 rings (SSSR count). The molecule has 2 atom stereocenters. The van der Waals surface area contributed by atoms with Crippen LogP contribution in [0.1, 0.15) is 28.4 Å². The number of carbonyl (C=O) groups excluding carboxylic acids is 2. The van der Waals surface area contributed by atoms with Crippen molar-refractivity contribution in [2.45, 2.75) is 37.3 Å². The molecule has 0 unspecified atom stereocenters. The second-order valence-electron chi connectivity index (χ2n) is 8.50. The number of Topliss-reactive ketones (excluding diaryl/α,β-unsaturated/α-hetero) is 1. The first-order chi connectivity index (χ1) is 17.1. The average Bonchev–Trinajstić information content (AvgIpc) is 3.26. The number of esters is 1. The monoisotopic (exact) mass is 508 g/mol. The predicted molar refractivity (Wildman–Crippen MR) is 134 cm³/mol. The third-order valence-electron chi connectivity index (χ3n) is 5.77. The van der Waals surface area contributed by atoms with Gasteiger partial charge in [0, 0.05) is 29.1 Å². The van der Waals surface area contributed by atoms with Crippen LogP contribution in [0, 0.1) is 12.7 Å². The summed E-state index contributed by atoms with van der Waals surface area (Å²) in [5.74, 6) is -1.93. The summed E-state index contributed by atoms with van der Waals surface area (Å²) in [5, 5.41) is 0.834. The standard InChI is InChI=1S/C27H25FN2O5S/c1-17-6-5-7-22(14-17)36(33,34)30-25(15-20-16-29-24-9-4-3-8-23(20)24)27(32)35-18(2)26(31)19-10-12-21(28)13-11-19/h3-14,16,18,25,29-30H,15H2,1-2H3/t18-,25+/m1/s1. The Hall–Kier alpha value is -3.82. The van der Waals surface area contributed by atoms with Crippen molar-refractivity contribution >= 4 is 32.7 Å². The van der Waals surface area contributed by atoms with Crippen LogP contribution in [0.15, 0.2) is 83.9 Å². The van der Waals surface area contributed by atoms with E-state index < -0.39 is 39.7 Å². The molecule has 0 spiro atoms. The summed E-state index contributed by atoms with van der Waals surface area (Å²) in [6, 6.07) is 17.3. The van der Waals surface area contributed by atoms with Crippen molar-refractivity contribution in [3.05, 3.63) is 102 Å². The summed E-state index contributed by atoms with van der Waals surface area (Å²) >= 11 is 0. The molecule has 0 saturated heterocycles. The van der Waals surface area contributed by atoms with E-state index in [4.69, 9.17) is 4.74 Å². The van der Waals surface area contributed by atoms with Crippen LogP contribution in [0.25, 0.3) is 10.9 Å². The fourth-order valence-electron chi connectivity index (χ4n) is 3.89. The van der Waals surface area contributed by atoms with Crippen LogP contribution in [0.5, 0.6) is 0 Å². The topological polar surface area (TPSA) is 105 Å². The van der Waals surface area contributed by atoms with Gasteiger partial charge in [0.1, 0.15) is 11.9 Å². The summed E-state index contributed by atoms with van der Waals surface area (Å²) in [6.45, 7) is 3.15. The van der Waals surface area contributed by atoms with Gasteiger partial charge < -0.3 is 9.72 Å². The molecular formula is C27H25FN2O5S. The summed E-state index contributed by atoms with van der Waals surface area (Å²) in [6.07, 6.45) is 0.488. The number of hydrogen-bond donors (Lipinski definition) is 2. The first-order valence-electron chi connectivity index (χ1n) is 11.3. The Morgan fingerprint density at radius 1 is 1.03 bits per heavy atom. The molecule has 186 valence electrons. The maximum atomic E-state index is 13.2. The SMILES string of the molecule is Cc1cccc(S(=O)(=O)N[C@@H](Cc2c[nH]c3ccccc23)C(=O)O[C@H](C)C(=O)c2ccc(F)cc2)c1. The largest absolute Gasteiger partial charge is 0.453 e. The Balaban J connectivity index is 1.60. The number of nitrogens with one attached hydrogen (secondary N) is 2. The Labute approximate surface area is 208 Å². The van der Waals surface area contributed by atoms with E-state index in [0.29, 0.717) is 5.56 Å². The quantitative estimate of drug-likeness (QED) is 0.259. The van der Waals surface area contributed by atoms with E-state index in [-0.39, 0.29) is 16.9 Å². The lowest BCUT2D eigenvalue weighted by Crippen LogP contribution is -2.45. The second-order valence-corrected chi connectivity index (χ2v) is 10.2. The van der Waals surface area contributed by atoms with Gasteiger partial charge in [-0.15, -0.1) is 0 Å². The lowest BCUT2D eigenvalue weighted by Gasteiger charge is -2.20. The number of ether oxygens (including phenoxy) is 1. The molecule has 0 fully saturated rings. The molecule has 1 aromatic heterocycles. The van der Waals surface area contributed by atoms with Crippen molar-refractivity contribution in [1.29, 1.82) is 0 Å². The molecule has 0 saturated carbocycles. The molecule has 0 aliphatic heterocycles. The Morgan fingerprint density at radius 3 is 2.47 bits per heavy atom. The molecule has 7 nitrogen and oxygen atoms in total. The summed E-state index contributed by atoms with van der Waals surface area (Å²) in [4.78, 5) is 29.0. The fourth-order valence-corrected chi connectivity index (χ4v) is 5.18. The molecule has 0 amide bonds. The smallest absolute Gasteiger partial charge is 0.325 e. The van der Waals surface area contributed by atoms with Crippen LogP contribution in [0.2, 0.25) is 0 Å². The number of aryl methyl sites for hydroxylation is 1. The van der Waals surface area contributed by atoms with Gasteiger partial charge in [0.25, 0.3) is 0 Å². The van der Waals surface area contributed by atoms with Crippen molar-refractivity contribution < 1.29 is 27.1 Å². The number of benzene rings is 3. The zero-order chi connectivity index (χ0) is 25.9. The average molecular weight is 509 g/mol. The second kappa shape index (κ2) is 10.4. The molecule has 2 N–H and O–H groups in total. The van der Waals surface area contributed by atoms with Crippen molar-refractivity contribution in [2.24, 2.45) is 0 Å². The molecular weight excluding hydrogens is 483 g/mol. The minimum Gasteiger partial charge on any atom is -0.453 e. The highest BCUT2D eigenvalue weighted by molar-refractivity contribution is 7.89. The van der Waals surface area contributed by atoms with E-state index in [1.807, 2.05) is 24.3 Å². The predicted octanol–water partition coefficient (Wildman–Crippen LogP) is 4.32. The van der Waals surface area contributed by atoms with Gasteiger partial charge in [-0.25, -0.2) is 12.8 Å². The molecule has 36 heavy (non-hydrogen) atoms. The van der Waals surface area contributed by atoms with Gasteiger partial charge in [-0.1, -0.05) is 30.3 Å². The highest BCUT2D eigenvalue weighted by Crippen LogP contribution is 2.21. The Morgan fingerprint density at radius 2 is 1.75 bits per heavy atom. The number of aromatic amines is 1. The van der Waals surface area contributed by atoms with Gasteiger partial charge >= 0.3 is 5.97 Å². The summed E-state index contributed by atoms with van der Waals surface area (Å²) < 4.78 is 47.3. The summed E-state index contributed by atoms with van der Waals surface area (Å²) in [5.41, 5.74) is 2.45. The van der Waals surface area contributed by atoms with Gasteiger partial charge in [0.15, 0.2) is 6.10 Å². The van der Waals surface area contributed by atoms with Gasteiger partial charge in [-0.05, 0) is 67.4 Å². The van der Waals surface area contributed by atoms with Gasteiger partial charge in [-0.3, -0.25) is 9.59 Å². The number of halogens is 1. The van der Waals surface area contributed by atoms with Crippen LogP contribution in [0.3, 0.4) is 0 Å². The first kappa shape index (κ1) is 25.3. The van der Waals surface area contributed by atoms with E-state index in [2.05, 4.69) is 9.71 Å². The molecule has 0 aliphatic carbocycles. The van der Waals surface area contributed by atoms with Crippen LogP contribution in [-0.2, 0) is 26.0 Å². The number of hydrogen-bond acceptors (Lipinski definition) is 5. The normalized spacial score (nSPS) is 13.3. The number of H-pyrrole nitrogens is 1. The number of para-hydroxylation sites is 1. The Kier molecular flexibility index (Phi) is 7.32. The van der Waals surface area contributed by atoms with E-state index in [1.165, 1.54) is 31.2 Å². The fraction of sp³-hybridized carbons (Fsp3) is 0.185. The number of fused-ring (bicyclic) bond motifs is 1. The molecule has 0 aliphatic rings. The molecule has 0 bridgehead atoms. The number of ketones is 1. The van der Waals surface area contributed by atoms with Crippen molar-refractivity contribution in [3.63, 3.8) is 0 Å². The third-order valence-corrected chi connectivity index (χ3v) is 7.24. The van der Waals surface area contributed by atoms with Crippen LogP contribution in [0.4, 0.5) is 4.39 Å². The lowest BCUT2D eigenvalue weighted by atomic mass is 10.1. The molecule has 4 aromatic rings. The highest BCUT2D eigenvalue weighted by atomic mass is 32.2. The van der Waals surface area contributed by atoms with Crippen LogP contribution in [-0.4, -0.2) is 37.3 Å². The zero-order valence-electron chi connectivity index (χ0n) is 19.7. The van der Waals surface area contributed by atoms with Crippen LogP contribution < -0.4 is 4.72 Å². The van der Waals surface area contributed by atoms with Crippen LogP contribution >= 0.6 is 0 Å². The van der Waals surface area contributed by atoms with Crippen molar-refractivity contribution in [2.75, 3.05) is 0 Å². The molecule has 3 aromatic carbocycles. The molecule has 0 radical (unpaired) electrons. The van der Waals surface area contributed by atoms with E-state index in [0.717, 1.165) is 28.6 Å². The Bertz CT molecular complexity index is 1510. The highest BCUT2D eigenvalue weighted by Gasteiger charge is 2.31. The first-order valence-corrected chi connectivity index (χ1v) is 12.8.